The maximum absolute atomic E-state index is 14.1. The first kappa shape index (κ1) is 21.5. The summed E-state index contributed by atoms with van der Waals surface area (Å²) in [5, 5.41) is 13.8. The lowest BCUT2D eigenvalue weighted by Crippen LogP contribution is -2.31. The van der Waals surface area contributed by atoms with Crippen molar-refractivity contribution in [3.05, 3.63) is 76.9 Å². The monoisotopic (exact) mass is 434 g/mol. The highest BCUT2D eigenvalue weighted by atomic mass is 19.1. The fourth-order valence-electron chi connectivity index (χ4n) is 4.05. The molecule has 2 heterocycles. The molecule has 2 aromatic heterocycles. The van der Waals surface area contributed by atoms with Crippen LogP contribution in [-0.4, -0.2) is 26.3 Å². The lowest BCUT2D eigenvalue weighted by atomic mass is 9.72. The molecule has 0 radical (unpaired) electrons. The van der Waals surface area contributed by atoms with Gasteiger partial charge in [-0.25, -0.2) is 13.5 Å². The van der Waals surface area contributed by atoms with Crippen LogP contribution in [0, 0.1) is 29.9 Å². The van der Waals surface area contributed by atoms with Gasteiger partial charge in [-0.1, -0.05) is 6.07 Å². The van der Waals surface area contributed by atoms with Gasteiger partial charge in [0, 0.05) is 31.5 Å². The van der Waals surface area contributed by atoms with Crippen LogP contribution in [0.2, 0.25) is 0 Å². The number of pyridine rings is 1. The van der Waals surface area contributed by atoms with E-state index in [-0.39, 0.29) is 23.7 Å². The Morgan fingerprint density at radius 2 is 1.94 bits per heavy atom. The highest BCUT2D eigenvalue weighted by molar-refractivity contribution is 5.98. The van der Waals surface area contributed by atoms with Gasteiger partial charge in [-0.15, -0.1) is 0 Å². The van der Waals surface area contributed by atoms with Crippen LogP contribution in [-0.2, 0) is 16.6 Å². The van der Waals surface area contributed by atoms with Crippen molar-refractivity contribution in [3.63, 3.8) is 0 Å². The molecule has 4 rings (SSSR count). The summed E-state index contributed by atoms with van der Waals surface area (Å²) < 4.78 is 28.6. The zero-order valence-electron chi connectivity index (χ0n) is 17.4. The molecular formula is C24H20F2N4O2. The van der Waals surface area contributed by atoms with Gasteiger partial charge in [-0.2, -0.15) is 10.4 Å². The predicted molar refractivity (Wildman–Crippen MR) is 111 cm³/mol. The number of nitrogens with zero attached hydrogens (tertiary/aromatic N) is 4. The van der Waals surface area contributed by atoms with Crippen molar-refractivity contribution in [2.24, 2.45) is 0 Å². The summed E-state index contributed by atoms with van der Waals surface area (Å²) in [7, 11) is 0. The number of aromatic nitrogens is 3. The second kappa shape index (κ2) is 8.42. The fraction of sp³-hybridized carbons (Fsp3) is 0.292. The first-order valence-corrected chi connectivity index (χ1v) is 10.2. The number of rotatable bonds is 5. The largest absolute Gasteiger partial charge is 0.300 e. The molecule has 1 aliphatic carbocycles. The van der Waals surface area contributed by atoms with Crippen molar-refractivity contribution in [1.82, 2.24) is 14.8 Å². The zero-order valence-corrected chi connectivity index (χ0v) is 17.4. The molecule has 162 valence electrons. The first-order chi connectivity index (χ1) is 15.3. The molecule has 1 saturated carbocycles. The SMILES string of the molecule is Cc1c(C(=O)Cc2ccc(C3(C#N)CCC(=O)CC3)nc2)cnn1-c1ccc(F)cc1F. The molecule has 0 saturated heterocycles. The predicted octanol–water partition coefficient (Wildman–Crippen LogP) is 4.18. The van der Waals surface area contributed by atoms with Crippen LogP contribution in [0.4, 0.5) is 8.78 Å². The highest BCUT2D eigenvalue weighted by Gasteiger charge is 2.37. The summed E-state index contributed by atoms with van der Waals surface area (Å²) in [6.07, 6.45) is 4.64. The minimum Gasteiger partial charge on any atom is -0.300 e. The zero-order chi connectivity index (χ0) is 22.9. The third kappa shape index (κ3) is 3.94. The molecule has 0 spiro atoms. The van der Waals surface area contributed by atoms with E-state index < -0.39 is 17.0 Å². The molecule has 1 aliphatic rings. The molecule has 0 bridgehead atoms. The van der Waals surface area contributed by atoms with Crippen LogP contribution >= 0.6 is 0 Å². The quantitative estimate of drug-likeness (QED) is 0.562. The van der Waals surface area contributed by atoms with Crippen molar-refractivity contribution in [3.8, 4) is 11.8 Å². The normalized spacial score (nSPS) is 15.4. The minimum absolute atomic E-state index is 0.0572. The van der Waals surface area contributed by atoms with Crippen LogP contribution in [0.3, 0.4) is 0 Å². The van der Waals surface area contributed by atoms with Crippen LogP contribution in [0.5, 0.6) is 0 Å². The highest BCUT2D eigenvalue weighted by Crippen LogP contribution is 2.36. The molecule has 3 aromatic rings. The maximum Gasteiger partial charge on any atom is 0.170 e. The number of Topliss-reactive ketones (excluding diaryl/α,β-unsaturated/α-hetero) is 2. The molecule has 8 heteroatoms. The minimum atomic E-state index is -0.772. The van der Waals surface area contributed by atoms with Crippen molar-refractivity contribution >= 4 is 11.6 Å². The third-order valence-corrected chi connectivity index (χ3v) is 6.00. The smallest absolute Gasteiger partial charge is 0.170 e. The lowest BCUT2D eigenvalue weighted by molar-refractivity contribution is -0.121. The summed E-state index contributed by atoms with van der Waals surface area (Å²) in [6.45, 7) is 1.64. The number of hydrogen-bond acceptors (Lipinski definition) is 5. The summed E-state index contributed by atoms with van der Waals surface area (Å²) >= 11 is 0. The molecule has 0 N–H and O–H groups in total. The molecule has 32 heavy (non-hydrogen) atoms. The third-order valence-electron chi connectivity index (χ3n) is 6.00. The topological polar surface area (TPSA) is 88.6 Å². The van der Waals surface area contributed by atoms with E-state index in [9.17, 15) is 23.6 Å². The average Bonchev–Trinajstić information content (AvgIpc) is 3.16. The number of ketones is 2. The molecule has 0 unspecified atom stereocenters. The number of nitriles is 1. The average molecular weight is 434 g/mol. The van der Waals surface area contributed by atoms with Crippen LogP contribution < -0.4 is 0 Å². The van der Waals surface area contributed by atoms with Crippen molar-refractivity contribution in [2.75, 3.05) is 0 Å². The Labute approximate surface area is 183 Å². The number of carbonyl (C=O) groups excluding carboxylic acids is 2. The van der Waals surface area contributed by atoms with Gasteiger partial charge in [0.15, 0.2) is 11.6 Å². The van der Waals surface area contributed by atoms with Gasteiger partial charge in [0.25, 0.3) is 0 Å². The number of hydrogen-bond donors (Lipinski definition) is 0. The Kier molecular flexibility index (Phi) is 5.66. The van der Waals surface area contributed by atoms with E-state index in [0.29, 0.717) is 48.2 Å². The van der Waals surface area contributed by atoms with Crippen molar-refractivity contribution in [1.29, 1.82) is 5.26 Å². The van der Waals surface area contributed by atoms with E-state index in [2.05, 4.69) is 16.2 Å². The van der Waals surface area contributed by atoms with Gasteiger partial charge in [-0.3, -0.25) is 14.6 Å². The molecule has 0 aliphatic heterocycles. The first-order valence-electron chi connectivity index (χ1n) is 10.2. The van der Waals surface area contributed by atoms with Crippen molar-refractivity contribution < 1.29 is 18.4 Å². The standard InChI is InChI=1S/C24H20F2N4O2/c1-15-19(13-29-30(15)21-4-3-17(25)11-20(21)26)22(32)10-16-2-5-23(28-12-16)24(14-27)8-6-18(31)7-9-24/h2-5,11-13H,6-10H2,1H3. The van der Waals surface area contributed by atoms with E-state index in [0.717, 1.165) is 12.1 Å². The van der Waals surface area contributed by atoms with Gasteiger partial charge < -0.3 is 0 Å². The van der Waals surface area contributed by atoms with E-state index in [1.165, 1.54) is 16.9 Å². The summed E-state index contributed by atoms with van der Waals surface area (Å²) in [6, 6.07) is 8.99. The summed E-state index contributed by atoms with van der Waals surface area (Å²) in [5.41, 5.74) is 1.34. The Morgan fingerprint density at radius 1 is 1.19 bits per heavy atom. The number of benzene rings is 1. The van der Waals surface area contributed by atoms with Crippen LogP contribution in [0.25, 0.3) is 5.69 Å². The molecule has 6 nitrogen and oxygen atoms in total. The fourth-order valence-corrected chi connectivity index (χ4v) is 4.05. The van der Waals surface area contributed by atoms with Gasteiger partial charge in [0.1, 0.15) is 22.7 Å². The second-order valence-electron chi connectivity index (χ2n) is 8.04. The summed E-state index contributed by atoms with van der Waals surface area (Å²) in [4.78, 5) is 28.8. The number of halogens is 2. The van der Waals surface area contributed by atoms with Crippen molar-refractivity contribution in [2.45, 2.75) is 44.4 Å². The van der Waals surface area contributed by atoms with E-state index in [1.54, 1.807) is 25.3 Å². The number of carbonyl (C=O) groups is 2. The Bertz CT molecular complexity index is 1230. The molecule has 1 fully saturated rings. The maximum atomic E-state index is 14.1. The lowest BCUT2D eigenvalue weighted by Gasteiger charge is -2.29. The van der Waals surface area contributed by atoms with Gasteiger partial charge >= 0.3 is 0 Å². The van der Waals surface area contributed by atoms with Crippen LogP contribution in [0.15, 0.2) is 42.7 Å². The Morgan fingerprint density at radius 3 is 2.56 bits per heavy atom. The molecule has 0 amide bonds. The molecule has 1 aromatic carbocycles. The van der Waals surface area contributed by atoms with E-state index in [1.807, 2.05) is 0 Å². The van der Waals surface area contributed by atoms with E-state index >= 15 is 0 Å². The van der Waals surface area contributed by atoms with Gasteiger partial charge in [0.2, 0.25) is 0 Å². The van der Waals surface area contributed by atoms with E-state index in [4.69, 9.17) is 0 Å². The van der Waals surface area contributed by atoms with Gasteiger partial charge in [0.05, 0.1) is 29.2 Å². The Hall–Kier alpha value is -3.73. The second-order valence-corrected chi connectivity index (χ2v) is 8.04. The molecule has 0 atom stereocenters. The Balaban J connectivity index is 1.52. The summed E-state index contributed by atoms with van der Waals surface area (Å²) in [5.74, 6) is -1.52. The van der Waals surface area contributed by atoms with Gasteiger partial charge in [-0.05, 0) is 43.5 Å². The molecular weight excluding hydrogens is 414 g/mol. The van der Waals surface area contributed by atoms with Crippen LogP contribution in [0.1, 0.15) is 53.0 Å².